The Bertz CT molecular complexity index is 850. The molecule has 1 amide bonds. The lowest BCUT2D eigenvalue weighted by atomic mass is 10.1. The number of aromatic nitrogens is 1. The van der Waals surface area contributed by atoms with Gasteiger partial charge in [0.1, 0.15) is 5.75 Å². The van der Waals surface area contributed by atoms with Gasteiger partial charge in [0.15, 0.2) is 0 Å². The minimum absolute atomic E-state index is 0.233. The van der Waals surface area contributed by atoms with Crippen LogP contribution in [0, 0.1) is 0 Å². The van der Waals surface area contributed by atoms with Crippen LogP contribution in [-0.4, -0.2) is 18.0 Å². The fraction of sp³-hybridized carbons (Fsp3) is 0.111. The van der Waals surface area contributed by atoms with E-state index in [1.807, 2.05) is 29.0 Å². The van der Waals surface area contributed by atoms with E-state index < -0.39 is 0 Å². The molecular weight excluding hydrogens is 344 g/mol. The molecule has 0 unspecified atom stereocenters. The van der Waals surface area contributed by atoms with Gasteiger partial charge in [0.2, 0.25) is 0 Å². The highest BCUT2D eigenvalue weighted by Gasteiger charge is 2.13. The zero-order valence-corrected chi connectivity index (χ0v) is 14.5. The summed E-state index contributed by atoms with van der Waals surface area (Å²) in [5, 5.41) is 7.43. The third-order valence-corrected chi connectivity index (χ3v) is 4.42. The van der Waals surface area contributed by atoms with Gasteiger partial charge in [-0.25, -0.2) is 0 Å². The van der Waals surface area contributed by atoms with E-state index in [9.17, 15) is 4.79 Å². The summed E-state index contributed by atoms with van der Waals surface area (Å²) in [7, 11) is 1.52. The molecule has 1 aromatic carbocycles. The molecule has 1 N–H and O–H groups in total. The molecule has 0 saturated heterocycles. The first-order valence-electron chi connectivity index (χ1n) is 7.26. The lowest BCUT2D eigenvalue weighted by Gasteiger charge is -2.10. The van der Waals surface area contributed by atoms with Gasteiger partial charge < -0.3 is 10.1 Å². The maximum absolute atomic E-state index is 12.4. The van der Waals surface area contributed by atoms with E-state index in [1.165, 1.54) is 7.11 Å². The molecule has 3 rings (SSSR count). The molecule has 4 nitrogen and oxygen atoms in total. The molecule has 0 aliphatic carbocycles. The number of amides is 1. The molecule has 0 bridgehead atoms. The number of carbonyl (C=O) groups excluding carboxylic acids is 1. The van der Waals surface area contributed by atoms with Crippen LogP contribution in [0.25, 0.3) is 11.3 Å². The maximum atomic E-state index is 12.4. The third kappa shape index (κ3) is 3.75. The fourth-order valence-electron chi connectivity index (χ4n) is 2.29. The number of nitrogens with zero attached hydrogens (tertiary/aromatic N) is 1. The van der Waals surface area contributed by atoms with Crippen molar-refractivity contribution in [3.05, 3.63) is 69.5 Å². The van der Waals surface area contributed by atoms with Crippen LogP contribution >= 0.6 is 22.9 Å². The van der Waals surface area contributed by atoms with Crippen molar-refractivity contribution in [1.82, 2.24) is 10.3 Å². The molecule has 2 heterocycles. The second-order valence-electron chi connectivity index (χ2n) is 5.09. The number of hydrogen-bond acceptors (Lipinski definition) is 4. The molecule has 0 radical (unpaired) electrons. The van der Waals surface area contributed by atoms with Crippen molar-refractivity contribution < 1.29 is 9.53 Å². The number of ether oxygens (including phenoxy) is 1. The Morgan fingerprint density at radius 3 is 2.92 bits per heavy atom. The third-order valence-electron chi connectivity index (χ3n) is 3.50. The molecule has 0 fully saturated rings. The summed E-state index contributed by atoms with van der Waals surface area (Å²) in [5.74, 6) is 0.258. The fourth-order valence-corrected chi connectivity index (χ4v) is 3.11. The molecule has 0 atom stereocenters. The monoisotopic (exact) mass is 358 g/mol. The average molecular weight is 359 g/mol. The molecule has 122 valence electrons. The number of thiophene rings is 1. The Hall–Kier alpha value is -2.37. The molecule has 0 aliphatic rings. The lowest BCUT2D eigenvalue weighted by molar-refractivity contribution is 0.0948. The smallest absolute Gasteiger partial charge is 0.255 e. The SMILES string of the molecule is COc1ccc(Cl)cc1C(=O)NCc1ccnc(-c2ccsc2)c1. The highest BCUT2D eigenvalue weighted by atomic mass is 35.5. The largest absolute Gasteiger partial charge is 0.496 e. The van der Waals surface area contributed by atoms with Gasteiger partial charge in [-0.2, -0.15) is 11.3 Å². The van der Waals surface area contributed by atoms with E-state index in [0.717, 1.165) is 16.8 Å². The van der Waals surface area contributed by atoms with Crippen LogP contribution in [0.15, 0.2) is 53.4 Å². The minimum Gasteiger partial charge on any atom is -0.496 e. The van der Waals surface area contributed by atoms with Gasteiger partial charge in [0.05, 0.1) is 18.4 Å². The topological polar surface area (TPSA) is 51.2 Å². The van der Waals surface area contributed by atoms with Crippen LogP contribution in [0.5, 0.6) is 5.75 Å². The van der Waals surface area contributed by atoms with Gasteiger partial charge in [-0.15, -0.1) is 0 Å². The Balaban J connectivity index is 1.73. The van der Waals surface area contributed by atoms with Crippen molar-refractivity contribution in [2.75, 3.05) is 7.11 Å². The van der Waals surface area contributed by atoms with Crippen LogP contribution in [-0.2, 0) is 6.54 Å². The highest BCUT2D eigenvalue weighted by molar-refractivity contribution is 7.08. The first-order valence-corrected chi connectivity index (χ1v) is 8.58. The summed E-state index contributed by atoms with van der Waals surface area (Å²) in [6.07, 6.45) is 1.74. The van der Waals surface area contributed by atoms with Crippen molar-refractivity contribution in [2.24, 2.45) is 0 Å². The van der Waals surface area contributed by atoms with Gasteiger partial charge in [-0.05, 0) is 47.3 Å². The number of methoxy groups -OCH3 is 1. The first kappa shape index (κ1) is 16.5. The van der Waals surface area contributed by atoms with Crippen molar-refractivity contribution in [3.8, 4) is 17.0 Å². The molecule has 24 heavy (non-hydrogen) atoms. The Morgan fingerprint density at radius 1 is 1.29 bits per heavy atom. The number of benzene rings is 1. The van der Waals surface area contributed by atoms with Crippen LogP contribution in [0.3, 0.4) is 0 Å². The lowest BCUT2D eigenvalue weighted by Crippen LogP contribution is -2.23. The molecule has 0 spiro atoms. The summed E-state index contributed by atoms with van der Waals surface area (Å²) in [6.45, 7) is 0.397. The zero-order chi connectivity index (χ0) is 16.9. The summed E-state index contributed by atoms with van der Waals surface area (Å²) < 4.78 is 5.21. The molecule has 3 aromatic rings. The standard InChI is InChI=1S/C18H15ClN2O2S/c1-23-17-3-2-14(19)9-15(17)18(22)21-10-12-4-6-20-16(8-12)13-5-7-24-11-13/h2-9,11H,10H2,1H3,(H,21,22). The minimum atomic E-state index is -0.233. The summed E-state index contributed by atoms with van der Waals surface area (Å²) in [4.78, 5) is 16.8. The first-order chi connectivity index (χ1) is 11.7. The number of pyridine rings is 1. The predicted molar refractivity (Wildman–Crippen MR) is 96.7 cm³/mol. The summed E-state index contributed by atoms with van der Waals surface area (Å²) >= 11 is 7.60. The van der Waals surface area contributed by atoms with Crippen LogP contribution in [0.2, 0.25) is 5.02 Å². The van der Waals surface area contributed by atoms with E-state index >= 15 is 0 Å². The maximum Gasteiger partial charge on any atom is 0.255 e. The average Bonchev–Trinajstić information content (AvgIpc) is 3.14. The number of carbonyl (C=O) groups is 1. The Kier molecular flexibility index (Phi) is 5.13. The van der Waals surface area contributed by atoms with E-state index in [-0.39, 0.29) is 5.91 Å². The second kappa shape index (κ2) is 7.47. The van der Waals surface area contributed by atoms with Crippen molar-refractivity contribution in [3.63, 3.8) is 0 Å². The van der Waals surface area contributed by atoms with E-state index in [0.29, 0.717) is 22.9 Å². The van der Waals surface area contributed by atoms with Gasteiger partial charge in [-0.3, -0.25) is 9.78 Å². The number of nitrogens with one attached hydrogen (secondary N) is 1. The second-order valence-corrected chi connectivity index (χ2v) is 6.31. The molecule has 6 heteroatoms. The highest BCUT2D eigenvalue weighted by Crippen LogP contribution is 2.23. The van der Waals surface area contributed by atoms with Gasteiger partial charge in [-0.1, -0.05) is 11.6 Å². The molecular formula is C18H15ClN2O2S. The van der Waals surface area contributed by atoms with Crippen molar-refractivity contribution >= 4 is 28.8 Å². The molecule has 0 aliphatic heterocycles. The molecule has 2 aromatic heterocycles. The quantitative estimate of drug-likeness (QED) is 0.735. The van der Waals surface area contributed by atoms with Gasteiger partial charge in [0, 0.05) is 28.7 Å². The van der Waals surface area contributed by atoms with Gasteiger partial charge >= 0.3 is 0 Å². The van der Waals surface area contributed by atoms with Crippen LogP contribution in [0.1, 0.15) is 15.9 Å². The summed E-state index contributed by atoms with van der Waals surface area (Å²) in [6, 6.07) is 10.8. The Labute approximate surface area is 149 Å². The molecule has 0 saturated carbocycles. The van der Waals surface area contributed by atoms with E-state index in [4.69, 9.17) is 16.3 Å². The van der Waals surface area contributed by atoms with Crippen LogP contribution < -0.4 is 10.1 Å². The normalized spacial score (nSPS) is 10.4. The van der Waals surface area contributed by atoms with E-state index in [2.05, 4.69) is 10.3 Å². The van der Waals surface area contributed by atoms with E-state index in [1.54, 1.807) is 35.7 Å². The van der Waals surface area contributed by atoms with Crippen LogP contribution in [0.4, 0.5) is 0 Å². The predicted octanol–water partition coefficient (Wildman–Crippen LogP) is 4.40. The van der Waals surface area contributed by atoms with Gasteiger partial charge in [0.25, 0.3) is 5.91 Å². The number of hydrogen-bond donors (Lipinski definition) is 1. The number of rotatable bonds is 5. The van der Waals surface area contributed by atoms with Crippen molar-refractivity contribution in [2.45, 2.75) is 6.54 Å². The zero-order valence-electron chi connectivity index (χ0n) is 13.0. The summed E-state index contributed by atoms with van der Waals surface area (Å²) in [5.41, 5.74) is 3.35. The van der Waals surface area contributed by atoms with Crippen molar-refractivity contribution in [1.29, 1.82) is 0 Å². The Morgan fingerprint density at radius 2 is 2.17 bits per heavy atom. The number of halogens is 1.